The quantitative estimate of drug-likeness (QED) is 0.108. The third kappa shape index (κ3) is 5.01. The van der Waals surface area contributed by atoms with Crippen molar-refractivity contribution in [2.45, 2.75) is 13.0 Å². The van der Waals surface area contributed by atoms with E-state index >= 15 is 0 Å². The number of halogens is 1. The number of rotatable bonds is 7. The fraction of sp³-hybridized carbons (Fsp3) is 0.111. The second kappa shape index (κ2) is 10.5. The van der Waals surface area contributed by atoms with Crippen molar-refractivity contribution in [1.29, 1.82) is 0 Å². The first kappa shape index (κ1) is 25.8. The van der Waals surface area contributed by atoms with Crippen LogP contribution in [0.1, 0.15) is 12.5 Å². The Morgan fingerprint density at radius 3 is 2.67 bits per heavy atom. The van der Waals surface area contributed by atoms with Gasteiger partial charge in [0.1, 0.15) is 5.58 Å². The van der Waals surface area contributed by atoms with Crippen LogP contribution in [0.5, 0.6) is 5.75 Å². The number of hydrogen-bond donors (Lipinski definition) is 0. The van der Waals surface area contributed by atoms with Crippen molar-refractivity contribution in [2.75, 3.05) is 7.11 Å². The molecule has 0 bridgehead atoms. The Kier molecular flexibility index (Phi) is 6.94. The van der Waals surface area contributed by atoms with Gasteiger partial charge in [-0.15, -0.1) is 0 Å². The van der Waals surface area contributed by atoms with Gasteiger partial charge in [-0.05, 0) is 53.2 Å². The van der Waals surface area contributed by atoms with E-state index in [-0.39, 0.29) is 21.6 Å². The van der Waals surface area contributed by atoms with Crippen LogP contribution in [-0.4, -0.2) is 40.0 Å². The van der Waals surface area contributed by atoms with E-state index in [0.29, 0.717) is 22.2 Å². The number of hydrogen-bond acceptors (Lipinski definition) is 9. The first-order valence-corrected chi connectivity index (χ1v) is 12.3. The number of furan rings is 1. The molecule has 0 N–H and O–H groups in total. The lowest BCUT2D eigenvalue weighted by Gasteiger charge is -2.14. The number of fused-ring (bicyclic) bond motifs is 2. The maximum absolute atomic E-state index is 13.5. The second-order valence-corrected chi connectivity index (χ2v) is 9.21. The van der Waals surface area contributed by atoms with Gasteiger partial charge in [0, 0.05) is 17.0 Å². The van der Waals surface area contributed by atoms with E-state index in [0.717, 1.165) is 10.1 Å². The van der Waals surface area contributed by atoms with Gasteiger partial charge in [-0.25, -0.2) is 9.78 Å². The van der Waals surface area contributed by atoms with Crippen LogP contribution >= 0.6 is 15.9 Å². The fourth-order valence-corrected chi connectivity index (χ4v) is 4.48. The zero-order chi connectivity index (χ0) is 27.7. The second-order valence-electron chi connectivity index (χ2n) is 8.35. The summed E-state index contributed by atoms with van der Waals surface area (Å²) in [6.45, 7) is 1.41. The largest absolute Gasteiger partial charge is 0.471 e. The standard InChI is InChI=1S/C27H19BrN4O7/c1-15(27(34)37-2)38-24-19(28)11-16(12-21(24)32(35)36)14-29-31-25(23-13-17-7-3-6-10-22(17)39-23)30-20-9-5-4-8-18(20)26(31)33/h3-15H,1-2H3/t15-/m0/s1. The van der Waals surface area contributed by atoms with Crippen LogP contribution in [0.4, 0.5) is 5.69 Å². The molecule has 2 aromatic heterocycles. The predicted molar refractivity (Wildman–Crippen MR) is 147 cm³/mol. The van der Waals surface area contributed by atoms with Crippen LogP contribution in [0, 0.1) is 10.1 Å². The molecule has 196 valence electrons. The normalized spacial score (nSPS) is 12.2. The minimum atomic E-state index is -1.09. The van der Waals surface area contributed by atoms with Gasteiger partial charge in [-0.3, -0.25) is 14.9 Å². The van der Waals surface area contributed by atoms with Crippen molar-refractivity contribution in [3.8, 4) is 17.3 Å². The van der Waals surface area contributed by atoms with Gasteiger partial charge >= 0.3 is 11.7 Å². The maximum atomic E-state index is 13.5. The van der Waals surface area contributed by atoms with Crippen LogP contribution in [0.2, 0.25) is 0 Å². The lowest BCUT2D eigenvalue weighted by Crippen LogP contribution is -2.25. The molecule has 12 heteroatoms. The Morgan fingerprint density at radius 2 is 1.92 bits per heavy atom. The Balaban J connectivity index is 1.62. The minimum absolute atomic E-state index is 0.150. The first-order valence-electron chi connectivity index (χ1n) is 11.5. The number of ether oxygens (including phenoxy) is 2. The lowest BCUT2D eigenvalue weighted by atomic mass is 10.2. The molecule has 0 spiro atoms. The molecule has 0 aliphatic carbocycles. The van der Waals surface area contributed by atoms with E-state index in [2.05, 4.69) is 30.8 Å². The smallest absolute Gasteiger partial charge is 0.346 e. The minimum Gasteiger partial charge on any atom is -0.471 e. The number of para-hydroxylation sites is 2. The van der Waals surface area contributed by atoms with Gasteiger partial charge in [0.15, 0.2) is 11.9 Å². The van der Waals surface area contributed by atoms with Crippen molar-refractivity contribution in [3.05, 3.63) is 97.2 Å². The number of nitrogens with zero attached hydrogens (tertiary/aromatic N) is 4. The molecule has 1 atom stereocenters. The average Bonchev–Trinajstić information content (AvgIpc) is 3.37. The molecule has 0 unspecified atom stereocenters. The van der Waals surface area contributed by atoms with Gasteiger partial charge in [-0.2, -0.15) is 9.78 Å². The SMILES string of the molecule is COC(=O)[C@H](C)Oc1c(Br)cc(C=Nn2c(-c3cc4ccccc4o3)nc3ccccc3c2=O)cc1[N+](=O)[O-]. The van der Waals surface area contributed by atoms with E-state index in [1.165, 1.54) is 32.4 Å². The molecule has 2 heterocycles. The Bertz CT molecular complexity index is 1810. The monoisotopic (exact) mass is 590 g/mol. The van der Waals surface area contributed by atoms with E-state index in [4.69, 9.17) is 9.15 Å². The molecule has 0 radical (unpaired) electrons. The highest BCUT2D eigenvalue weighted by atomic mass is 79.9. The van der Waals surface area contributed by atoms with Gasteiger partial charge in [0.25, 0.3) is 5.56 Å². The molecule has 5 rings (SSSR count). The van der Waals surface area contributed by atoms with E-state index in [9.17, 15) is 19.7 Å². The molecule has 5 aromatic rings. The molecule has 3 aromatic carbocycles. The zero-order valence-corrected chi connectivity index (χ0v) is 22.1. The van der Waals surface area contributed by atoms with Crippen molar-refractivity contribution in [2.24, 2.45) is 5.10 Å². The maximum Gasteiger partial charge on any atom is 0.346 e. The van der Waals surface area contributed by atoms with Crippen molar-refractivity contribution < 1.29 is 23.6 Å². The van der Waals surface area contributed by atoms with Crippen molar-refractivity contribution in [3.63, 3.8) is 0 Å². The molecule has 0 amide bonds. The van der Waals surface area contributed by atoms with Crippen LogP contribution in [0.15, 0.2) is 85.5 Å². The highest BCUT2D eigenvalue weighted by Crippen LogP contribution is 2.37. The topological polar surface area (TPSA) is 139 Å². The summed E-state index contributed by atoms with van der Waals surface area (Å²) in [7, 11) is 1.19. The van der Waals surface area contributed by atoms with Gasteiger partial charge in [0.05, 0.1) is 33.6 Å². The molecule has 0 aliphatic heterocycles. The lowest BCUT2D eigenvalue weighted by molar-refractivity contribution is -0.386. The Labute approximate surface area is 228 Å². The summed E-state index contributed by atoms with van der Waals surface area (Å²) in [5.74, 6) is -0.360. The molecule has 0 fully saturated rings. The molecular weight excluding hydrogens is 572 g/mol. The molecule has 39 heavy (non-hydrogen) atoms. The summed E-state index contributed by atoms with van der Waals surface area (Å²) in [5.41, 5.74) is 0.490. The zero-order valence-electron chi connectivity index (χ0n) is 20.5. The van der Waals surface area contributed by atoms with Gasteiger partial charge in [0.2, 0.25) is 11.6 Å². The number of esters is 1. The highest BCUT2D eigenvalue weighted by Gasteiger charge is 2.25. The predicted octanol–water partition coefficient (Wildman–Crippen LogP) is 5.30. The van der Waals surface area contributed by atoms with Crippen LogP contribution in [-0.2, 0) is 9.53 Å². The van der Waals surface area contributed by atoms with E-state index in [1.54, 1.807) is 36.4 Å². The number of benzene rings is 3. The summed E-state index contributed by atoms with van der Waals surface area (Å²) < 4.78 is 17.4. The summed E-state index contributed by atoms with van der Waals surface area (Å²) in [4.78, 5) is 41.0. The van der Waals surface area contributed by atoms with Gasteiger partial charge < -0.3 is 13.9 Å². The van der Waals surface area contributed by atoms with Crippen molar-refractivity contribution in [1.82, 2.24) is 9.66 Å². The number of carbonyl (C=O) groups is 1. The fourth-order valence-electron chi connectivity index (χ4n) is 3.92. The van der Waals surface area contributed by atoms with Crippen LogP contribution < -0.4 is 10.3 Å². The molecule has 0 saturated carbocycles. The molecule has 0 saturated heterocycles. The average molecular weight is 591 g/mol. The third-order valence-electron chi connectivity index (χ3n) is 5.79. The summed E-state index contributed by atoms with van der Waals surface area (Å²) in [6.07, 6.45) is 0.202. The van der Waals surface area contributed by atoms with Crippen LogP contribution in [0.25, 0.3) is 33.5 Å². The number of nitro benzene ring substituents is 1. The highest BCUT2D eigenvalue weighted by molar-refractivity contribution is 9.10. The number of nitro groups is 1. The molecule has 0 aliphatic rings. The van der Waals surface area contributed by atoms with Crippen molar-refractivity contribution >= 4 is 55.7 Å². The molecule has 11 nitrogen and oxygen atoms in total. The Morgan fingerprint density at radius 1 is 1.18 bits per heavy atom. The van der Waals surface area contributed by atoms with E-state index in [1.807, 2.05) is 18.2 Å². The summed E-state index contributed by atoms with van der Waals surface area (Å²) >= 11 is 3.27. The number of methoxy groups -OCH3 is 1. The van der Waals surface area contributed by atoms with Crippen LogP contribution in [0.3, 0.4) is 0 Å². The summed E-state index contributed by atoms with van der Waals surface area (Å²) in [5, 5.41) is 17.3. The first-order chi connectivity index (χ1) is 18.8. The summed E-state index contributed by atoms with van der Waals surface area (Å²) in [6, 6.07) is 18.7. The third-order valence-corrected chi connectivity index (χ3v) is 6.38. The Hall–Kier alpha value is -4.84. The molecular formula is C27H19BrN4O7. The van der Waals surface area contributed by atoms with E-state index < -0.39 is 28.2 Å². The number of carbonyl (C=O) groups excluding carboxylic acids is 1. The van der Waals surface area contributed by atoms with Gasteiger partial charge in [-0.1, -0.05) is 30.3 Å². The number of aromatic nitrogens is 2.